The Bertz CT molecular complexity index is 102. The van der Waals surface area contributed by atoms with E-state index in [-0.39, 0.29) is 0 Å². The van der Waals surface area contributed by atoms with E-state index in [1.54, 1.807) is 0 Å². The molecule has 0 aromatic heterocycles. The molecule has 0 saturated carbocycles. The molecule has 2 aliphatic rings. The quantitative estimate of drug-likeness (QED) is 0.497. The summed E-state index contributed by atoms with van der Waals surface area (Å²) in [6.45, 7) is 5.28. The fourth-order valence-corrected chi connectivity index (χ4v) is 1.99. The van der Waals surface area contributed by atoms with Crippen molar-refractivity contribution in [3.63, 3.8) is 0 Å². The van der Waals surface area contributed by atoms with Gasteiger partial charge in [-0.3, -0.25) is 0 Å². The average molecular weight is 140 g/mol. The topological polar surface area (TPSA) is 6.48 Å². The molecule has 0 aromatic rings. The summed E-state index contributed by atoms with van der Waals surface area (Å²) in [5, 5.41) is 5.07. The molecule has 2 fully saturated rings. The Morgan fingerprint density at radius 3 is 1.60 bits per heavy atom. The summed E-state index contributed by atoms with van der Waals surface area (Å²) in [5.74, 6) is 0. The second-order valence-electron chi connectivity index (χ2n) is 3.32. The summed E-state index contributed by atoms with van der Waals surface area (Å²) < 4.78 is 0. The Labute approximate surface area is 62.8 Å². The van der Waals surface area contributed by atoms with Crippen LogP contribution < -0.4 is 0 Å². The smallest absolute Gasteiger partial charge is 0.0146 e. The first-order valence-electron chi connectivity index (χ1n) is 4.46. The Morgan fingerprint density at radius 2 is 1.00 bits per heavy atom. The molecule has 2 aliphatic heterocycles. The minimum atomic E-state index is 1.32. The number of fused-ring (bicyclic) bond motifs is 1. The third kappa shape index (κ3) is 1.18. The van der Waals surface area contributed by atoms with Crippen LogP contribution in [-0.2, 0) is 0 Å². The largest absolute Gasteiger partial charge is 0.242 e. The van der Waals surface area contributed by atoms with Crippen LogP contribution >= 0.6 is 0 Å². The zero-order valence-electron chi connectivity index (χ0n) is 6.55. The van der Waals surface area contributed by atoms with Crippen molar-refractivity contribution in [1.82, 2.24) is 10.0 Å². The summed E-state index contributed by atoms with van der Waals surface area (Å²) in [5.41, 5.74) is 0. The van der Waals surface area contributed by atoms with E-state index in [0.29, 0.717) is 0 Å². The Morgan fingerprint density at radius 1 is 0.500 bits per heavy atom. The Kier molecular flexibility index (Phi) is 1.91. The standard InChI is InChI=1S/C8H16N2/c1-2-5-9-7-4-8-10(9)6-3-1/h1-8H2. The number of hydrazine groups is 1. The monoisotopic (exact) mass is 140 g/mol. The van der Waals surface area contributed by atoms with Gasteiger partial charge in [-0.25, -0.2) is 10.0 Å². The summed E-state index contributed by atoms with van der Waals surface area (Å²) in [6.07, 6.45) is 5.65. The van der Waals surface area contributed by atoms with Crippen molar-refractivity contribution >= 4 is 0 Å². The van der Waals surface area contributed by atoms with Gasteiger partial charge in [-0.15, -0.1) is 0 Å². The minimum Gasteiger partial charge on any atom is -0.242 e. The number of hydrogen-bond acceptors (Lipinski definition) is 2. The van der Waals surface area contributed by atoms with Gasteiger partial charge in [-0.05, 0) is 19.3 Å². The van der Waals surface area contributed by atoms with Crippen molar-refractivity contribution in [1.29, 1.82) is 0 Å². The maximum absolute atomic E-state index is 2.53. The molecule has 0 aliphatic carbocycles. The van der Waals surface area contributed by atoms with Crippen molar-refractivity contribution in [3.8, 4) is 0 Å². The van der Waals surface area contributed by atoms with Gasteiger partial charge >= 0.3 is 0 Å². The van der Waals surface area contributed by atoms with Crippen LogP contribution in [0.5, 0.6) is 0 Å². The first-order chi connectivity index (χ1) is 4.97. The lowest BCUT2D eigenvalue weighted by atomic mass is 10.2. The van der Waals surface area contributed by atoms with E-state index in [0.717, 1.165) is 0 Å². The Balaban J connectivity index is 1.95. The molecule has 0 aromatic carbocycles. The molecular weight excluding hydrogens is 124 g/mol. The van der Waals surface area contributed by atoms with Crippen molar-refractivity contribution in [2.24, 2.45) is 0 Å². The van der Waals surface area contributed by atoms with E-state index < -0.39 is 0 Å². The predicted molar refractivity (Wildman–Crippen MR) is 41.6 cm³/mol. The third-order valence-corrected chi connectivity index (χ3v) is 2.56. The second kappa shape index (κ2) is 2.89. The van der Waals surface area contributed by atoms with Crippen LogP contribution in [0.15, 0.2) is 0 Å². The lowest BCUT2D eigenvalue weighted by Gasteiger charge is -2.24. The van der Waals surface area contributed by atoms with Crippen LogP contribution in [0.2, 0.25) is 0 Å². The van der Waals surface area contributed by atoms with Crippen molar-refractivity contribution in [3.05, 3.63) is 0 Å². The highest BCUT2D eigenvalue weighted by atomic mass is 15.6. The summed E-state index contributed by atoms with van der Waals surface area (Å²) in [7, 11) is 0. The van der Waals surface area contributed by atoms with Crippen LogP contribution in [0.25, 0.3) is 0 Å². The van der Waals surface area contributed by atoms with Crippen molar-refractivity contribution in [2.75, 3.05) is 26.2 Å². The fraction of sp³-hybridized carbons (Fsp3) is 1.00. The molecule has 10 heavy (non-hydrogen) atoms. The molecule has 0 unspecified atom stereocenters. The van der Waals surface area contributed by atoms with Gasteiger partial charge < -0.3 is 0 Å². The number of nitrogens with zero attached hydrogens (tertiary/aromatic N) is 2. The van der Waals surface area contributed by atoms with E-state index in [9.17, 15) is 0 Å². The van der Waals surface area contributed by atoms with E-state index in [4.69, 9.17) is 0 Å². The zero-order valence-corrected chi connectivity index (χ0v) is 6.55. The molecular formula is C8H16N2. The summed E-state index contributed by atoms with van der Waals surface area (Å²) in [6, 6.07) is 0. The molecule has 0 spiro atoms. The van der Waals surface area contributed by atoms with E-state index in [1.807, 2.05) is 0 Å². The summed E-state index contributed by atoms with van der Waals surface area (Å²) >= 11 is 0. The molecule has 2 heteroatoms. The molecule has 2 nitrogen and oxygen atoms in total. The predicted octanol–water partition coefficient (Wildman–Crippen LogP) is 1.09. The lowest BCUT2D eigenvalue weighted by Crippen LogP contribution is -2.35. The van der Waals surface area contributed by atoms with Crippen molar-refractivity contribution < 1.29 is 0 Å². The van der Waals surface area contributed by atoms with Crippen LogP contribution in [0, 0.1) is 0 Å². The SMILES string of the molecule is C1CCN2CCCN2CC1. The first-order valence-corrected chi connectivity index (χ1v) is 4.46. The highest BCUT2D eigenvalue weighted by Crippen LogP contribution is 2.16. The second-order valence-corrected chi connectivity index (χ2v) is 3.32. The molecule has 0 N–H and O–H groups in total. The maximum atomic E-state index is 2.53. The lowest BCUT2D eigenvalue weighted by molar-refractivity contribution is 0.0388. The van der Waals surface area contributed by atoms with Gasteiger partial charge in [-0.2, -0.15) is 0 Å². The molecule has 0 amide bonds. The molecule has 2 saturated heterocycles. The molecule has 2 rings (SSSR count). The average Bonchev–Trinajstić information content (AvgIpc) is 2.28. The highest BCUT2D eigenvalue weighted by molar-refractivity contribution is 4.70. The molecule has 58 valence electrons. The van der Waals surface area contributed by atoms with Crippen LogP contribution in [0.4, 0.5) is 0 Å². The van der Waals surface area contributed by atoms with Gasteiger partial charge in [0.15, 0.2) is 0 Å². The molecule has 2 heterocycles. The summed E-state index contributed by atoms with van der Waals surface area (Å²) in [4.78, 5) is 0. The molecule has 0 bridgehead atoms. The van der Waals surface area contributed by atoms with Gasteiger partial charge in [0.1, 0.15) is 0 Å². The van der Waals surface area contributed by atoms with Gasteiger partial charge in [-0.1, -0.05) is 6.42 Å². The Hall–Kier alpha value is -0.0800. The van der Waals surface area contributed by atoms with Crippen LogP contribution in [-0.4, -0.2) is 36.2 Å². The molecule has 0 atom stereocenters. The fourth-order valence-electron chi connectivity index (χ4n) is 1.99. The van der Waals surface area contributed by atoms with E-state index >= 15 is 0 Å². The maximum Gasteiger partial charge on any atom is 0.0146 e. The zero-order chi connectivity index (χ0) is 6.81. The number of hydrogen-bond donors (Lipinski definition) is 0. The van der Waals surface area contributed by atoms with E-state index in [1.165, 1.54) is 51.9 Å². The van der Waals surface area contributed by atoms with Gasteiger partial charge in [0.05, 0.1) is 0 Å². The normalized spacial score (nSPS) is 30.0. The number of rotatable bonds is 0. The first kappa shape index (κ1) is 6.62. The third-order valence-electron chi connectivity index (χ3n) is 2.56. The van der Waals surface area contributed by atoms with Crippen LogP contribution in [0.1, 0.15) is 25.7 Å². The highest BCUT2D eigenvalue weighted by Gasteiger charge is 2.22. The van der Waals surface area contributed by atoms with Gasteiger partial charge in [0.2, 0.25) is 0 Å². The van der Waals surface area contributed by atoms with E-state index in [2.05, 4.69) is 10.0 Å². The van der Waals surface area contributed by atoms with Crippen molar-refractivity contribution in [2.45, 2.75) is 25.7 Å². The molecule has 0 radical (unpaired) electrons. The minimum absolute atomic E-state index is 1.32. The van der Waals surface area contributed by atoms with Gasteiger partial charge in [0.25, 0.3) is 0 Å². The van der Waals surface area contributed by atoms with Gasteiger partial charge in [0, 0.05) is 26.2 Å². The van der Waals surface area contributed by atoms with Crippen LogP contribution in [0.3, 0.4) is 0 Å².